The van der Waals surface area contributed by atoms with E-state index in [1.54, 1.807) is 7.11 Å². The molecule has 1 saturated heterocycles. The predicted molar refractivity (Wildman–Crippen MR) is 121 cm³/mol. The molecule has 0 atom stereocenters. The van der Waals surface area contributed by atoms with Gasteiger partial charge in [0.2, 0.25) is 0 Å². The number of hydrogen-bond acceptors (Lipinski definition) is 6. The second-order valence-corrected chi connectivity index (χ2v) is 7.61. The molecule has 4 heterocycles. The zero-order valence-electron chi connectivity index (χ0n) is 17.1. The highest BCUT2D eigenvalue weighted by Gasteiger charge is 2.18. The van der Waals surface area contributed by atoms with Crippen LogP contribution in [0, 0.1) is 0 Å². The van der Waals surface area contributed by atoms with Gasteiger partial charge in [-0.25, -0.2) is 4.98 Å². The third-order valence-electron chi connectivity index (χ3n) is 5.59. The molecule has 2 aliphatic heterocycles. The topological polar surface area (TPSA) is 62.6 Å². The Morgan fingerprint density at radius 3 is 2.83 bits per heavy atom. The average Bonchev–Trinajstić information content (AvgIpc) is 3.29. The maximum absolute atomic E-state index is 5.28. The van der Waals surface area contributed by atoms with Gasteiger partial charge in [0, 0.05) is 44.4 Å². The Morgan fingerprint density at radius 1 is 1.07 bits per heavy atom. The molecule has 6 heteroatoms. The molecule has 0 saturated carbocycles. The summed E-state index contributed by atoms with van der Waals surface area (Å²) in [5, 5.41) is 3.39. The molecule has 1 aromatic carbocycles. The quantitative estimate of drug-likeness (QED) is 0.714. The maximum atomic E-state index is 5.28. The number of anilines is 1. The minimum Gasteiger partial charge on any atom is -0.380 e. The van der Waals surface area contributed by atoms with Crippen LogP contribution in [0.2, 0.25) is 0 Å². The van der Waals surface area contributed by atoms with Crippen LogP contribution in [-0.2, 0) is 11.3 Å². The number of ether oxygens (including phenoxy) is 1. The summed E-state index contributed by atoms with van der Waals surface area (Å²) in [5.41, 5.74) is 8.22. The average molecular weight is 399 g/mol. The van der Waals surface area contributed by atoms with Gasteiger partial charge in [-0.15, -0.1) is 0 Å². The number of fused-ring (bicyclic) bond motifs is 1. The molecule has 0 amide bonds. The van der Waals surface area contributed by atoms with Crippen molar-refractivity contribution >= 4 is 28.0 Å². The minimum atomic E-state index is 0.592. The molecular formula is C24H25N5O. The van der Waals surface area contributed by atoms with Gasteiger partial charge in [0.25, 0.3) is 0 Å². The van der Waals surface area contributed by atoms with Crippen LogP contribution in [0.1, 0.15) is 16.8 Å². The van der Waals surface area contributed by atoms with Gasteiger partial charge in [0.05, 0.1) is 47.5 Å². The zero-order valence-corrected chi connectivity index (χ0v) is 17.1. The molecule has 6 nitrogen and oxygen atoms in total. The van der Waals surface area contributed by atoms with Gasteiger partial charge in [0.1, 0.15) is 0 Å². The number of nitrogens with zero attached hydrogens (tertiary/aromatic N) is 4. The smallest absolute Gasteiger partial charge is 0.0914 e. The molecular weight excluding hydrogens is 374 g/mol. The Hall–Kier alpha value is -3.09. The summed E-state index contributed by atoms with van der Waals surface area (Å²) in [4.78, 5) is 16.7. The number of methoxy groups -OCH3 is 1. The number of allylic oxidation sites excluding steroid dienone is 1. The number of rotatable bonds is 5. The standard InChI is InChI=1S/C24H25N5O/c1-30-16-17-3-2-4-18(13-17)24-20(7-8-26-24)21-5-6-22-23(28-21)14-19(15-27-22)29-11-9-25-10-12-29/h2-7,13-15,25H,8-12,16H2,1H3. The van der Waals surface area contributed by atoms with E-state index in [-0.39, 0.29) is 0 Å². The van der Waals surface area contributed by atoms with E-state index in [1.807, 2.05) is 12.3 Å². The van der Waals surface area contributed by atoms with Crippen molar-refractivity contribution in [3.8, 4) is 0 Å². The van der Waals surface area contributed by atoms with Gasteiger partial charge < -0.3 is 15.0 Å². The van der Waals surface area contributed by atoms with Crippen molar-refractivity contribution in [2.24, 2.45) is 4.99 Å². The molecule has 5 rings (SSSR count). The predicted octanol–water partition coefficient (Wildman–Crippen LogP) is 3.07. The van der Waals surface area contributed by atoms with Crippen LogP contribution in [0.15, 0.2) is 59.7 Å². The van der Waals surface area contributed by atoms with Crippen molar-refractivity contribution in [3.05, 3.63) is 71.6 Å². The Bertz CT molecular complexity index is 1130. The highest BCUT2D eigenvalue weighted by Crippen LogP contribution is 2.27. The van der Waals surface area contributed by atoms with E-state index in [1.165, 1.54) is 0 Å². The maximum Gasteiger partial charge on any atom is 0.0914 e. The molecule has 0 aliphatic carbocycles. The van der Waals surface area contributed by atoms with E-state index in [2.05, 4.69) is 57.7 Å². The fraction of sp³-hybridized carbons (Fsp3) is 0.292. The van der Waals surface area contributed by atoms with Gasteiger partial charge in [-0.05, 0) is 29.8 Å². The van der Waals surface area contributed by atoms with E-state index >= 15 is 0 Å². The lowest BCUT2D eigenvalue weighted by atomic mass is 9.99. The molecule has 1 N–H and O–H groups in total. The van der Waals surface area contributed by atoms with Gasteiger partial charge in [-0.1, -0.05) is 24.3 Å². The second kappa shape index (κ2) is 8.34. The van der Waals surface area contributed by atoms with Crippen molar-refractivity contribution in [3.63, 3.8) is 0 Å². The van der Waals surface area contributed by atoms with Crippen LogP contribution in [0.5, 0.6) is 0 Å². The Balaban J connectivity index is 1.47. The molecule has 2 aromatic heterocycles. The van der Waals surface area contributed by atoms with Crippen molar-refractivity contribution in [2.45, 2.75) is 6.61 Å². The molecule has 152 valence electrons. The summed E-state index contributed by atoms with van der Waals surface area (Å²) in [5.74, 6) is 0. The fourth-order valence-corrected chi connectivity index (χ4v) is 4.10. The lowest BCUT2D eigenvalue weighted by molar-refractivity contribution is 0.185. The molecule has 0 bridgehead atoms. The van der Waals surface area contributed by atoms with Crippen LogP contribution >= 0.6 is 0 Å². The summed E-state index contributed by atoms with van der Waals surface area (Å²) in [6.45, 7) is 5.26. The number of pyridine rings is 2. The number of piperazine rings is 1. The monoisotopic (exact) mass is 399 g/mol. The molecule has 0 spiro atoms. The van der Waals surface area contributed by atoms with E-state index < -0.39 is 0 Å². The first-order valence-corrected chi connectivity index (χ1v) is 10.4. The largest absolute Gasteiger partial charge is 0.380 e. The van der Waals surface area contributed by atoms with Crippen molar-refractivity contribution in [1.29, 1.82) is 0 Å². The van der Waals surface area contributed by atoms with Gasteiger partial charge in [0.15, 0.2) is 0 Å². The van der Waals surface area contributed by atoms with Gasteiger partial charge >= 0.3 is 0 Å². The van der Waals surface area contributed by atoms with Crippen LogP contribution in [-0.4, -0.2) is 55.5 Å². The second-order valence-electron chi connectivity index (χ2n) is 7.61. The van der Waals surface area contributed by atoms with Crippen LogP contribution in [0.3, 0.4) is 0 Å². The number of benzene rings is 1. The first-order chi connectivity index (χ1) is 14.8. The van der Waals surface area contributed by atoms with Gasteiger partial charge in [-0.3, -0.25) is 9.98 Å². The summed E-state index contributed by atoms with van der Waals surface area (Å²) in [6, 6.07) is 14.6. The molecule has 1 fully saturated rings. The number of aromatic nitrogens is 2. The van der Waals surface area contributed by atoms with E-state index in [9.17, 15) is 0 Å². The molecule has 0 radical (unpaired) electrons. The minimum absolute atomic E-state index is 0.592. The van der Waals surface area contributed by atoms with E-state index in [4.69, 9.17) is 14.7 Å². The van der Waals surface area contributed by atoms with E-state index in [0.717, 1.165) is 71.0 Å². The lowest BCUT2D eigenvalue weighted by Gasteiger charge is -2.29. The Kier molecular flexibility index (Phi) is 5.26. The molecule has 30 heavy (non-hydrogen) atoms. The summed E-state index contributed by atoms with van der Waals surface area (Å²) in [6.07, 6.45) is 4.11. The third-order valence-corrected chi connectivity index (χ3v) is 5.59. The molecule has 2 aliphatic rings. The third kappa shape index (κ3) is 3.72. The zero-order chi connectivity index (χ0) is 20.3. The van der Waals surface area contributed by atoms with Gasteiger partial charge in [-0.2, -0.15) is 0 Å². The van der Waals surface area contributed by atoms with Crippen LogP contribution in [0.25, 0.3) is 16.6 Å². The Morgan fingerprint density at radius 2 is 1.97 bits per heavy atom. The van der Waals surface area contributed by atoms with Crippen molar-refractivity contribution in [2.75, 3.05) is 44.7 Å². The first-order valence-electron chi connectivity index (χ1n) is 10.4. The first kappa shape index (κ1) is 18.9. The summed E-state index contributed by atoms with van der Waals surface area (Å²) < 4.78 is 5.28. The normalized spacial score (nSPS) is 16.6. The van der Waals surface area contributed by atoms with E-state index in [0.29, 0.717) is 13.2 Å². The molecule has 0 unspecified atom stereocenters. The van der Waals surface area contributed by atoms with Crippen molar-refractivity contribution < 1.29 is 4.74 Å². The summed E-state index contributed by atoms with van der Waals surface area (Å²) >= 11 is 0. The highest BCUT2D eigenvalue weighted by atomic mass is 16.5. The van der Waals surface area contributed by atoms with Crippen molar-refractivity contribution in [1.82, 2.24) is 15.3 Å². The summed E-state index contributed by atoms with van der Waals surface area (Å²) in [7, 11) is 1.72. The number of nitrogens with one attached hydrogen (secondary N) is 1. The highest BCUT2D eigenvalue weighted by molar-refractivity contribution is 6.32. The lowest BCUT2D eigenvalue weighted by Crippen LogP contribution is -2.43. The molecule has 3 aromatic rings. The number of hydrogen-bond donors (Lipinski definition) is 1. The van der Waals surface area contributed by atoms with Crippen LogP contribution < -0.4 is 10.2 Å². The number of aliphatic imine (C=N–C) groups is 1. The SMILES string of the molecule is COCc1cccc(C2=NCC=C2c2ccc3ncc(N4CCNCC4)cc3n2)c1. The Labute approximate surface area is 176 Å². The fourth-order valence-electron chi connectivity index (χ4n) is 4.10. The van der Waals surface area contributed by atoms with Crippen LogP contribution in [0.4, 0.5) is 5.69 Å².